The molecule has 0 aliphatic heterocycles. The van der Waals surface area contributed by atoms with Crippen molar-refractivity contribution in [3.63, 3.8) is 0 Å². The fourth-order valence-corrected chi connectivity index (χ4v) is 2.17. The topological polar surface area (TPSA) is 53.4 Å². The first kappa shape index (κ1) is 10.5. The van der Waals surface area contributed by atoms with Gasteiger partial charge in [-0.25, -0.2) is 0 Å². The molecule has 0 radical (unpaired) electrons. The molecular formula is C10H10BNO2S. The third-order valence-corrected chi connectivity index (χ3v) is 3.02. The Labute approximate surface area is 92.3 Å². The minimum absolute atomic E-state index is 0.535. The molecule has 0 spiro atoms. The minimum atomic E-state index is -1.46. The van der Waals surface area contributed by atoms with Gasteiger partial charge in [-0.1, -0.05) is 18.2 Å². The molecule has 2 rings (SSSR count). The number of nitrogens with zero attached hydrogens (tertiary/aromatic N) is 1. The molecule has 0 saturated heterocycles. The van der Waals surface area contributed by atoms with Crippen LogP contribution in [0.5, 0.6) is 0 Å². The number of rotatable bonds is 2. The van der Waals surface area contributed by atoms with E-state index in [0.29, 0.717) is 5.46 Å². The molecule has 0 aliphatic rings. The van der Waals surface area contributed by atoms with Gasteiger partial charge >= 0.3 is 7.12 Å². The molecule has 0 unspecified atom stereocenters. The van der Waals surface area contributed by atoms with E-state index >= 15 is 0 Å². The number of benzene rings is 1. The highest BCUT2D eigenvalue weighted by molar-refractivity contribution is 7.98. The van der Waals surface area contributed by atoms with Crippen molar-refractivity contribution in [1.82, 2.24) is 4.98 Å². The van der Waals surface area contributed by atoms with Gasteiger partial charge < -0.3 is 10.0 Å². The van der Waals surface area contributed by atoms with Gasteiger partial charge in [-0.15, -0.1) is 11.8 Å². The van der Waals surface area contributed by atoms with Crippen LogP contribution in [0.4, 0.5) is 0 Å². The molecule has 0 atom stereocenters. The molecule has 2 aromatic rings. The Morgan fingerprint density at radius 3 is 2.67 bits per heavy atom. The van der Waals surface area contributed by atoms with E-state index in [0.717, 1.165) is 15.8 Å². The molecule has 1 heterocycles. The van der Waals surface area contributed by atoms with E-state index in [-0.39, 0.29) is 0 Å². The number of pyridine rings is 1. The average Bonchev–Trinajstić information content (AvgIpc) is 2.27. The first-order chi connectivity index (χ1) is 7.24. The van der Waals surface area contributed by atoms with E-state index in [9.17, 15) is 10.0 Å². The van der Waals surface area contributed by atoms with E-state index in [4.69, 9.17) is 0 Å². The van der Waals surface area contributed by atoms with Crippen molar-refractivity contribution in [3.8, 4) is 0 Å². The van der Waals surface area contributed by atoms with Gasteiger partial charge in [-0.3, -0.25) is 4.98 Å². The zero-order valence-electron chi connectivity index (χ0n) is 8.21. The summed E-state index contributed by atoms with van der Waals surface area (Å²) < 4.78 is 0. The summed E-state index contributed by atoms with van der Waals surface area (Å²) in [4.78, 5) is 5.05. The number of fused-ring (bicyclic) bond motifs is 1. The average molecular weight is 219 g/mol. The molecule has 0 saturated carbocycles. The number of aromatic nitrogens is 1. The first-order valence-electron chi connectivity index (χ1n) is 4.52. The molecule has 3 nitrogen and oxygen atoms in total. The van der Waals surface area contributed by atoms with Crippen molar-refractivity contribution in [3.05, 3.63) is 30.5 Å². The van der Waals surface area contributed by atoms with E-state index in [1.807, 2.05) is 30.5 Å². The van der Waals surface area contributed by atoms with E-state index < -0.39 is 7.12 Å². The van der Waals surface area contributed by atoms with Crippen LogP contribution in [-0.4, -0.2) is 28.4 Å². The fourth-order valence-electron chi connectivity index (χ4n) is 1.57. The van der Waals surface area contributed by atoms with Crippen molar-refractivity contribution in [2.24, 2.45) is 0 Å². The summed E-state index contributed by atoms with van der Waals surface area (Å²) in [6, 6.07) is 7.43. The van der Waals surface area contributed by atoms with Gasteiger partial charge in [0.25, 0.3) is 0 Å². The highest BCUT2D eigenvalue weighted by atomic mass is 32.2. The van der Waals surface area contributed by atoms with E-state index in [1.54, 1.807) is 6.20 Å². The lowest BCUT2D eigenvalue weighted by Gasteiger charge is -2.09. The molecular weight excluding hydrogens is 209 g/mol. The summed E-state index contributed by atoms with van der Waals surface area (Å²) in [5.74, 6) is 0. The number of thioether (sulfide) groups is 1. The van der Waals surface area contributed by atoms with Gasteiger partial charge in [0.1, 0.15) is 0 Å². The highest BCUT2D eigenvalue weighted by Crippen LogP contribution is 2.17. The van der Waals surface area contributed by atoms with Crippen LogP contribution >= 0.6 is 11.8 Å². The standard InChI is InChI=1S/C10H10BNO2S/c1-15-9-6-12-8-5-3-2-4-7(8)10(9)11(13)14/h2-6,13-14H,1H3. The molecule has 2 N–H and O–H groups in total. The second-order valence-corrected chi connectivity index (χ2v) is 3.98. The third kappa shape index (κ3) is 1.86. The van der Waals surface area contributed by atoms with Gasteiger partial charge in [-0.2, -0.15) is 0 Å². The van der Waals surface area contributed by atoms with Gasteiger partial charge in [0, 0.05) is 21.9 Å². The van der Waals surface area contributed by atoms with Gasteiger partial charge in [-0.05, 0) is 12.3 Å². The number of hydrogen-bond acceptors (Lipinski definition) is 4. The maximum Gasteiger partial charge on any atom is 0.490 e. The monoisotopic (exact) mass is 219 g/mol. The third-order valence-electron chi connectivity index (χ3n) is 2.26. The Bertz CT molecular complexity index is 490. The Morgan fingerprint density at radius 1 is 1.27 bits per heavy atom. The Morgan fingerprint density at radius 2 is 2.00 bits per heavy atom. The molecule has 0 bridgehead atoms. The predicted octanol–water partition coefficient (Wildman–Crippen LogP) is 0.636. The SMILES string of the molecule is CSc1cnc2ccccc2c1B(O)O. The Balaban J connectivity index is 2.79. The molecule has 76 valence electrons. The zero-order valence-corrected chi connectivity index (χ0v) is 9.03. The highest BCUT2D eigenvalue weighted by Gasteiger charge is 2.19. The smallest absolute Gasteiger partial charge is 0.423 e. The minimum Gasteiger partial charge on any atom is -0.423 e. The van der Waals surface area contributed by atoms with E-state index in [2.05, 4.69) is 4.98 Å². The summed E-state index contributed by atoms with van der Waals surface area (Å²) in [7, 11) is -1.46. The molecule has 0 fully saturated rings. The summed E-state index contributed by atoms with van der Waals surface area (Å²) in [5.41, 5.74) is 1.31. The lowest BCUT2D eigenvalue weighted by Crippen LogP contribution is -2.32. The van der Waals surface area contributed by atoms with Crippen LogP contribution in [0.3, 0.4) is 0 Å². The first-order valence-corrected chi connectivity index (χ1v) is 5.74. The predicted molar refractivity (Wildman–Crippen MR) is 63.3 cm³/mol. The van der Waals surface area contributed by atoms with Crippen LogP contribution in [0.1, 0.15) is 0 Å². The van der Waals surface area contributed by atoms with Gasteiger partial charge in [0.15, 0.2) is 0 Å². The van der Waals surface area contributed by atoms with Crippen LogP contribution in [0.2, 0.25) is 0 Å². The van der Waals surface area contributed by atoms with Crippen LogP contribution in [-0.2, 0) is 0 Å². The molecule has 1 aromatic carbocycles. The summed E-state index contributed by atoms with van der Waals surface area (Å²) in [6.07, 6.45) is 3.56. The molecule has 1 aromatic heterocycles. The second-order valence-electron chi connectivity index (χ2n) is 3.13. The maximum atomic E-state index is 9.35. The zero-order chi connectivity index (χ0) is 10.8. The second kappa shape index (κ2) is 4.22. The quantitative estimate of drug-likeness (QED) is 0.574. The Hall–Kier alpha value is -1.04. The van der Waals surface area contributed by atoms with Crippen molar-refractivity contribution in [2.45, 2.75) is 4.90 Å². The van der Waals surface area contributed by atoms with Crippen LogP contribution in [0, 0.1) is 0 Å². The fraction of sp³-hybridized carbons (Fsp3) is 0.100. The molecule has 0 amide bonds. The lowest BCUT2D eigenvalue weighted by atomic mass is 9.78. The lowest BCUT2D eigenvalue weighted by molar-refractivity contribution is 0.425. The number of hydrogen-bond donors (Lipinski definition) is 2. The number of para-hydroxylation sites is 1. The molecule has 5 heteroatoms. The normalized spacial score (nSPS) is 10.6. The molecule has 15 heavy (non-hydrogen) atoms. The van der Waals surface area contributed by atoms with Crippen molar-refractivity contribution in [2.75, 3.05) is 6.26 Å². The summed E-state index contributed by atoms with van der Waals surface area (Å²) in [6.45, 7) is 0. The van der Waals surface area contributed by atoms with Crippen LogP contribution in [0.25, 0.3) is 10.9 Å². The van der Waals surface area contributed by atoms with Crippen LogP contribution in [0.15, 0.2) is 35.4 Å². The van der Waals surface area contributed by atoms with Gasteiger partial charge in [0.05, 0.1) is 5.52 Å². The largest absolute Gasteiger partial charge is 0.490 e. The van der Waals surface area contributed by atoms with Crippen molar-refractivity contribution in [1.29, 1.82) is 0 Å². The van der Waals surface area contributed by atoms with Crippen molar-refractivity contribution >= 4 is 35.2 Å². The Kier molecular flexibility index (Phi) is 2.95. The maximum absolute atomic E-state index is 9.35. The van der Waals surface area contributed by atoms with Crippen LogP contribution < -0.4 is 5.46 Å². The van der Waals surface area contributed by atoms with E-state index in [1.165, 1.54) is 11.8 Å². The summed E-state index contributed by atoms with van der Waals surface area (Å²) >= 11 is 1.46. The van der Waals surface area contributed by atoms with Crippen molar-refractivity contribution < 1.29 is 10.0 Å². The summed E-state index contributed by atoms with van der Waals surface area (Å²) in [5, 5.41) is 19.5. The molecule has 0 aliphatic carbocycles. The van der Waals surface area contributed by atoms with Gasteiger partial charge in [0.2, 0.25) is 0 Å².